The Morgan fingerprint density at radius 3 is 2.58 bits per heavy atom. The fourth-order valence-corrected chi connectivity index (χ4v) is 2.82. The summed E-state index contributed by atoms with van der Waals surface area (Å²) in [6.07, 6.45) is 2.19. The molecule has 0 aromatic heterocycles. The third kappa shape index (κ3) is 3.16. The van der Waals surface area contributed by atoms with E-state index in [9.17, 15) is 4.79 Å². The van der Waals surface area contributed by atoms with Gasteiger partial charge in [0.05, 0.1) is 32.2 Å². The predicted molar refractivity (Wildman–Crippen MR) is 79.2 cm³/mol. The van der Waals surface area contributed by atoms with Gasteiger partial charge in [0.15, 0.2) is 0 Å². The normalized spacial score (nSPS) is 18.4. The standard InChI is InChI=1S/C16H24N2O/c1-4-14(3)17-7-9-18(10-8-17)16-6-5-15(12-19)13(2)11-16/h5-6,11-12,14H,4,7-10H2,1-3H3/p+1/t14-/m0/s1. The van der Waals surface area contributed by atoms with Crippen molar-refractivity contribution in [1.82, 2.24) is 0 Å². The van der Waals surface area contributed by atoms with E-state index in [1.54, 1.807) is 4.90 Å². The Labute approximate surface area is 116 Å². The molecule has 1 atom stereocenters. The summed E-state index contributed by atoms with van der Waals surface area (Å²) in [4.78, 5) is 15.0. The largest absolute Gasteiger partial charge is 0.360 e. The molecule has 0 unspecified atom stereocenters. The molecular weight excluding hydrogens is 236 g/mol. The molecule has 1 aliphatic heterocycles. The quantitative estimate of drug-likeness (QED) is 0.827. The van der Waals surface area contributed by atoms with E-state index in [0.717, 1.165) is 36.5 Å². The number of carbonyl (C=O) groups is 1. The van der Waals surface area contributed by atoms with E-state index in [2.05, 4.69) is 30.9 Å². The molecule has 1 aromatic carbocycles. The molecule has 3 nitrogen and oxygen atoms in total. The van der Waals surface area contributed by atoms with Crippen LogP contribution in [0, 0.1) is 6.92 Å². The van der Waals surface area contributed by atoms with E-state index in [-0.39, 0.29) is 0 Å². The number of aryl methyl sites for hydroxylation is 1. The molecule has 0 saturated carbocycles. The lowest BCUT2D eigenvalue weighted by Crippen LogP contribution is -3.17. The Hall–Kier alpha value is -1.35. The summed E-state index contributed by atoms with van der Waals surface area (Å²) in [5, 5.41) is 0. The summed E-state index contributed by atoms with van der Waals surface area (Å²) in [6, 6.07) is 6.91. The molecule has 104 valence electrons. The van der Waals surface area contributed by atoms with Gasteiger partial charge in [-0.1, -0.05) is 6.92 Å². The highest BCUT2D eigenvalue weighted by Crippen LogP contribution is 2.18. The summed E-state index contributed by atoms with van der Waals surface area (Å²) < 4.78 is 0. The van der Waals surface area contributed by atoms with Gasteiger partial charge < -0.3 is 9.80 Å². The Bertz CT molecular complexity index is 436. The van der Waals surface area contributed by atoms with Crippen LogP contribution in [0.3, 0.4) is 0 Å². The number of aldehydes is 1. The van der Waals surface area contributed by atoms with Crippen molar-refractivity contribution < 1.29 is 9.69 Å². The van der Waals surface area contributed by atoms with Gasteiger partial charge in [0.2, 0.25) is 0 Å². The minimum absolute atomic E-state index is 0.765. The Balaban J connectivity index is 2.01. The highest BCUT2D eigenvalue weighted by atomic mass is 16.1. The minimum Gasteiger partial charge on any atom is -0.360 e. The number of nitrogens with zero attached hydrogens (tertiary/aromatic N) is 1. The van der Waals surface area contributed by atoms with Gasteiger partial charge in [-0.25, -0.2) is 0 Å². The summed E-state index contributed by atoms with van der Waals surface area (Å²) >= 11 is 0. The van der Waals surface area contributed by atoms with Crippen molar-refractivity contribution in [3.05, 3.63) is 29.3 Å². The van der Waals surface area contributed by atoms with E-state index in [4.69, 9.17) is 0 Å². The summed E-state index contributed by atoms with van der Waals surface area (Å²) in [7, 11) is 0. The molecule has 0 radical (unpaired) electrons. The maximum Gasteiger partial charge on any atom is 0.150 e. The first-order valence-corrected chi connectivity index (χ1v) is 7.31. The van der Waals surface area contributed by atoms with Crippen LogP contribution in [0.15, 0.2) is 18.2 Å². The van der Waals surface area contributed by atoms with Crippen LogP contribution in [0.4, 0.5) is 5.69 Å². The number of hydrogen-bond donors (Lipinski definition) is 1. The molecule has 2 rings (SSSR count). The third-order valence-electron chi connectivity index (χ3n) is 4.46. The molecular formula is C16H25N2O+. The monoisotopic (exact) mass is 261 g/mol. The zero-order chi connectivity index (χ0) is 13.8. The van der Waals surface area contributed by atoms with Crippen molar-refractivity contribution >= 4 is 12.0 Å². The average Bonchev–Trinajstić information content (AvgIpc) is 2.46. The Morgan fingerprint density at radius 2 is 2.05 bits per heavy atom. The fraction of sp³-hybridized carbons (Fsp3) is 0.562. The van der Waals surface area contributed by atoms with E-state index < -0.39 is 0 Å². The summed E-state index contributed by atoms with van der Waals surface area (Å²) in [5.74, 6) is 0. The Kier molecular flexibility index (Phi) is 4.59. The molecule has 0 spiro atoms. The van der Waals surface area contributed by atoms with E-state index in [0.29, 0.717) is 0 Å². The molecule has 0 bridgehead atoms. The Morgan fingerprint density at radius 1 is 1.37 bits per heavy atom. The predicted octanol–water partition coefficient (Wildman–Crippen LogP) is 1.31. The topological polar surface area (TPSA) is 24.8 Å². The number of piperazine rings is 1. The molecule has 0 aliphatic carbocycles. The van der Waals surface area contributed by atoms with Crippen LogP contribution in [-0.4, -0.2) is 38.5 Å². The number of benzene rings is 1. The van der Waals surface area contributed by atoms with Gasteiger partial charge in [0, 0.05) is 11.3 Å². The third-order valence-corrected chi connectivity index (χ3v) is 4.46. The van der Waals surface area contributed by atoms with Gasteiger partial charge in [0.1, 0.15) is 6.29 Å². The molecule has 3 heteroatoms. The number of anilines is 1. The van der Waals surface area contributed by atoms with Gasteiger partial charge in [-0.3, -0.25) is 4.79 Å². The second kappa shape index (κ2) is 6.20. The van der Waals surface area contributed by atoms with Crippen molar-refractivity contribution in [2.75, 3.05) is 31.1 Å². The fourth-order valence-electron chi connectivity index (χ4n) is 2.82. The van der Waals surface area contributed by atoms with Crippen LogP contribution in [0.2, 0.25) is 0 Å². The van der Waals surface area contributed by atoms with Crippen molar-refractivity contribution in [2.45, 2.75) is 33.2 Å². The number of carbonyl (C=O) groups excluding carboxylic acids is 1. The highest BCUT2D eigenvalue weighted by molar-refractivity contribution is 5.78. The maximum atomic E-state index is 10.8. The number of nitrogens with one attached hydrogen (secondary N) is 1. The first-order chi connectivity index (χ1) is 9.15. The first-order valence-electron chi connectivity index (χ1n) is 7.31. The molecule has 1 heterocycles. The van der Waals surface area contributed by atoms with Gasteiger partial charge in [-0.15, -0.1) is 0 Å². The average molecular weight is 261 g/mol. The lowest BCUT2D eigenvalue weighted by Gasteiger charge is -2.36. The van der Waals surface area contributed by atoms with Crippen molar-refractivity contribution in [3.8, 4) is 0 Å². The van der Waals surface area contributed by atoms with Crippen LogP contribution >= 0.6 is 0 Å². The lowest BCUT2D eigenvalue weighted by molar-refractivity contribution is -0.924. The first kappa shape index (κ1) is 14.1. The smallest absolute Gasteiger partial charge is 0.150 e. The minimum atomic E-state index is 0.765. The second-order valence-electron chi connectivity index (χ2n) is 5.61. The molecule has 1 fully saturated rings. The summed E-state index contributed by atoms with van der Waals surface area (Å²) in [6.45, 7) is 11.3. The number of hydrogen-bond acceptors (Lipinski definition) is 2. The molecule has 1 aliphatic rings. The zero-order valence-corrected chi connectivity index (χ0v) is 12.3. The van der Waals surface area contributed by atoms with Gasteiger partial charge in [-0.2, -0.15) is 0 Å². The van der Waals surface area contributed by atoms with Crippen LogP contribution in [0.1, 0.15) is 36.2 Å². The zero-order valence-electron chi connectivity index (χ0n) is 12.3. The molecule has 1 saturated heterocycles. The van der Waals surface area contributed by atoms with E-state index in [1.807, 2.05) is 13.0 Å². The van der Waals surface area contributed by atoms with Crippen molar-refractivity contribution in [1.29, 1.82) is 0 Å². The van der Waals surface area contributed by atoms with Crippen LogP contribution in [-0.2, 0) is 0 Å². The van der Waals surface area contributed by atoms with Gasteiger partial charge in [0.25, 0.3) is 0 Å². The molecule has 0 amide bonds. The van der Waals surface area contributed by atoms with Crippen molar-refractivity contribution in [3.63, 3.8) is 0 Å². The second-order valence-corrected chi connectivity index (χ2v) is 5.61. The number of quaternary nitrogens is 1. The highest BCUT2D eigenvalue weighted by Gasteiger charge is 2.23. The van der Waals surface area contributed by atoms with Crippen LogP contribution in [0.25, 0.3) is 0 Å². The van der Waals surface area contributed by atoms with E-state index in [1.165, 1.54) is 25.2 Å². The van der Waals surface area contributed by atoms with Gasteiger partial charge >= 0.3 is 0 Å². The molecule has 19 heavy (non-hydrogen) atoms. The number of rotatable bonds is 4. The molecule has 1 aromatic rings. The van der Waals surface area contributed by atoms with Gasteiger partial charge in [-0.05, 0) is 44.0 Å². The van der Waals surface area contributed by atoms with Crippen molar-refractivity contribution in [2.24, 2.45) is 0 Å². The maximum absolute atomic E-state index is 10.8. The van der Waals surface area contributed by atoms with Crippen LogP contribution in [0.5, 0.6) is 0 Å². The SMILES string of the molecule is CC[C@H](C)[NH+]1CCN(c2ccc(C=O)c(C)c2)CC1. The summed E-state index contributed by atoms with van der Waals surface area (Å²) in [5.41, 5.74) is 3.13. The van der Waals surface area contributed by atoms with Crippen LogP contribution < -0.4 is 9.80 Å². The molecule has 1 N–H and O–H groups in total. The van der Waals surface area contributed by atoms with E-state index >= 15 is 0 Å². The lowest BCUT2D eigenvalue weighted by atomic mass is 10.1.